The molecule has 0 aliphatic carbocycles. The van der Waals surface area contributed by atoms with E-state index in [1.54, 1.807) is 11.3 Å². The molecule has 2 aromatic rings. The van der Waals surface area contributed by atoms with E-state index < -0.39 is 0 Å². The van der Waals surface area contributed by atoms with Crippen LogP contribution < -0.4 is 5.73 Å². The Balaban J connectivity index is 1.80. The van der Waals surface area contributed by atoms with Gasteiger partial charge in [-0.1, -0.05) is 24.3 Å². The maximum atomic E-state index is 5.74. The van der Waals surface area contributed by atoms with Crippen LogP contribution in [-0.4, -0.2) is 19.8 Å². The van der Waals surface area contributed by atoms with Crippen molar-refractivity contribution in [3.8, 4) is 10.4 Å². The van der Waals surface area contributed by atoms with Crippen LogP contribution >= 0.6 is 11.3 Å². The first-order valence-corrected chi connectivity index (χ1v) is 6.79. The lowest BCUT2D eigenvalue weighted by Crippen LogP contribution is -2.21. The van der Waals surface area contributed by atoms with Crippen LogP contribution in [0, 0.1) is 0 Å². The quantitative estimate of drug-likeness (QED) is 0.903. The summed E-state index contributed by atoms with van der Waals surface area (Å²) in [7, 11) is 0. The monoisotopic (exact) mass is 261 g/mol. The number of hydrogen-bond donors (Lipinski definition) is 1. The highest BCUT2D eigenvalue weighted by molar-refractivity contribution is 7.19. The van der Waals surface area contributed by atoms with Gasteiger partial charge in [-0.05, 0) is 23.3 Å². The topological polar surface area (TPSA) is 44.5 Å². The van der Waals surface area contributed by atoms with E-state index in [1.165, 1.54) is 16.0 Å². The van der Waals surface area contributed by atoms with Crippen LogP contribution in [0.4, 0.5) is 5.00 Å². The molecular formula is C14H15NO2S. The van der Waals surface area contributed by atoms with Gasteiger partial charge in [-0.25, -0.2) is 0 Å². The first kappa shape index (κ1) is 11.7. The minimum Gasteiger partial charge on any atom is -0.391 e. The normalized spacial score (nSPS) is 19.9. The van der Waals surface area contributed by atoms with Gasteiger partial charge in [-0.2, -0.15) is 0 Å². The van der Waals surface area contributed by atoms with E-state index in [0.717, 1.165) is 5.00 Å². The second-order valence-corrected chi connectivity index (χ2v) is 5.37. The van der Waals surface area contributed by atoms with Gasteiger partial charge in [0, 0.05) is 4.88 Å². The predicted octanol–water partition coefficient (Wildman–Crippen LogP) is 3.09. The van der Waals surface area contributed by atoms with Crippen LogP contribution in [-0.2, 0) is 9.47 Å². The molecule has 0 amide bonds. The van der Waals surface area contributed by atoms with E-state index in [1.807, 2.05) is 6.07 Å². The van der Waals surface area contributed by atoms with Crippen molar-refractivity contribution in [3.05, 3.63) is 42.0 Å². The Kier molecular flexibility index (Phi) is 3.32. The molecule has 1 unspecified atom stereocenters. The van der Waals surface area contributed by atoms with Crippen molar-refractivity contribution >= 4 is 16.3 Å². The molecule has 1 atom stereocenters. The fourth-order valence-corrected chi connectivity index (χ4v) is 2.83. The number of thiophene rings is 1. The predicted molar refractivity (Wildman–Crippen MR) is 73.7 cm³/mol. The fourth-order valence-electron chi connectivity index (χ4n) is 2.05. The number of nitrogens with two attached hydrogens (primary N) is 1. The van der Waals surface area contributed by atoms with E-state index in [4.69, 9.17) is 15.2 Å². The van der Waals surface area contributed by atoms with E-state index in [0.29, 0.717) is 19.8 Å². The van der Waals surface area contributed by atoms with Gasteiger partial charge in [-0.15, -0.1) is 11.3 Å². The summed E-state index contributed by atoms with van der Waals surface area (Å²) in [6.45, 7) is 2.02. The number of nitrogen functional groups attached to an aromatic ring is 1. The molecule has 2 heterocycles. The summed E-state index contributed by atoms with van der Waals surface area (Å²) in [5.74, 6) is 0. The van der Waals surface area contributed by atoms with Crippen molar-refractivity contribution < 1.29 is 9.47 Å². The Morgan fingerprint density at radius 2 is 1.89 bits per heavy atom. The van der Waals surface area contributed by atoms with Crippen LogP contribution in [0.3, 0.4) is 0 Å². The molecule has 1 aliphatic rings. The first-order chi connectivity index (χ1) is 8.83. The summed E-state index contributed by atoms with van der Waals surface area (Å²) >= 11 is 1.60. The highest BCUT2D eigenvalue weighted by Gasteiger charge is 2.16. The molecule has 4 heteroatoms. The molecule has 0 radical (unpaired) electrons. The van der Waals surface area contributed by atoms with Crippen LogP contribution in [0.2, 0.25) is 0 Å². The van der Waals surface area contributed by atoms with Crippen molar-refractivity contribution in [1.29, 1.82) is 0 Å². The smallest absolute Gasteiger partial charge is 0.106 e. The maximum Gasteiger partial charge on any atom is 0.106 e. The summed E-state index contributed by atoms with van der Waals surface area (Å²) in [6.07, 6.45) is 0.0706. The summed E-state index contributed by atoms with van der Waals surface area (Å²) in [5.41, 5.74) is 8.11. The van der Waals surface area contributed by atoms with Gasteiger partial charge in [0.1, 0.15) is 6.10 Å². The number of rotatable bonds is 2. The number of hydrogen-bond acceptors (Lipinski definition) is 4. The highest BCUT2D eigenvalue weighted by atomic mass is 32.1. The minimum absolute atomic E-state index is 0.0706. The second-order valence-electron chi connectivity index (χ2n) is 4.26. The van der Waals surface area contributed by atoms with Gasteiger partial charge in [0.05, 0.1) is 24.8 Å². The SMILES string of the molecule is Nc1ccc(-c2ccc(C3COCCO3)cc2)s1. The number of benzene rings is 1. The minimum atomic E-state index is 0.0706. The van der Waals surface area contributed by atoms with Gasteiger partial charge < -0.3 is 15.2 Å². The lowest BCUT2D eigenvalue weighted by atomic mass is 10.1. The van der Waals surface area contributed by atoms with Crippen LogP contribution in [0.15, 0.2) is 36.4 Å². The largest absolute Gasteiger partial charge is 0.391 e. The summed E-state index contributed by atoms with van der Waals surface area (Å²) in [5, 5.41) is 0.845. The molecule has 3 nitrogen and oxygen atoms in total. The zero-order valence-corrected chi connectivity index (χ0v) is 10.8. The molecule has 2 N–H and O–H groups in total. The van der Waals surface area contributed by atoms with Crippen molar-refractivity contribution in [1.82, 2.24) is 0 Å². The summed E-state index contributed by atoms with van der Waals surface area (Å²) in [6, 6.07) is 12.4. The Morgan fingerprint density at radius 1 is 1.06 bits per heavy atom. The van der Waals surface area contributed by atoms with Gasteiger partial charge in [-0.3, -0.25) is 0 Å². The molecule has 1 aromatic carbocycles. The molecule has 3 rings (SSSR count). The van der Waals surface area contributed by atoms with Gasteiger partial charge >= 0.3 is 0 Å². The van der Waals surface area contributed by atoms with E-state index >= 15 is 0 Å². The molecule has 0 bridgehead atoms. The first-order valence-electron chi connectivity index (χ1n) is 5.98. The van der Waals surface area contributed by atoms with Gasteiger partial charge in [0.15, 0.2) is 0 Å². The molecule has 0 spiro atoms. The van der Waals surface area contributed by atoms with Crippen molar-refractivity contribution in [3.63, 3.8) is 0 Å². The Labute approximate surface area is 110 Å². The zero-order valence-electron chi connectivity index (χ0n) is 9.96. The zero-order chi connectivity index (χ0) is 12.4. The third-order valence-electron chi connectivity index (χ3n) is 3.01. The summed E-state index contributed by atoms with van der Waals surface area (Å²) in [4.78, 5) is 1.19. The molecule has 94 valence electrons. The lowest BCUT2D eigenvalue weighted by Gasteiger charge is -2.23. The average molecular weight is 261 g/mol. The Hall–Kier alpha value is -1.36. The van der Waals surface area contributed by atoms with E-state index in [9.17, 15) is 0 Å². The van der Waals surface area contributed by atoms with Gasteiger partial charge in [0.2, 0.25) is 0 Å². The Bertz CT molecular complexity index is 515. The second kappa shape index (κ2) is 5.10. The fraction of sp³-hybridized carbons (Fsp3) is 0.286. The van der Waals surface area contributed by atoms with E-state index in [2.05, 4.69) is 30.3 Å². The van der Waals surface area contributed by atoms with Crippen molar-refractivity contribution in [2.24, 2.45) is 0 Å². The van der Waals surface area contributed by atoms with Crippen LogP contribution in [0.25, 0.3) is 10.4 Å². The molecule has 1 saturated heterocycles. The number of anilines is 1. The molecule has 0 saturated carbocycles. The molecule has 1 aromatic heterocycles. The standard InChI is InChI=1S/C14H15NO2S/c15-14-6-5-13(18-14)11-3-1-10(2-4-11)12-9-16-7-8-17-12/h1-6,12H,7-9,15H2. The van der Waals surface area contributed by atoms with Crippen molar-refractivity contribution in [2.45, 2.75) is 6.10 Å². The molecule has 1 aliphatic heterocycles. The maximum absolute atomic E-state index is 5.74. The van der Waals surface area contributed by atoms with E-state index in [-0.39, 0.29) is 6.10 Å². The Morgan fingerprint density at radius 3 is 2.50 bits per heavy atom. The van der Waals surface area contributed by atoms with Crippen LogP contribution in [0.1, 0.15) is 11.7 Å². The number of ether oxygens (including phenoxy) is 2. The van der Waals surface area contributed by atoms with Crippen LogP contribution in [0.5, 0.6) is 0 Å². The van der Waals surface area contributed by atoms with Crippen molar-refractivity contribution in [2.75, 3.05) is 25.6 Å². The summed E-state index contributed by atoms with van der Waals surface area (Å²) < 4.78 is 11.1. The molecular weight excluding hydrogens is 246 g/mol. The third-order valence-corrected chi connectivity index (χ3v) is 3.97. The third kappa shape index (κ3) is 2.41. The molecule has 18 heavy (non-hydrogen) atoms. The van der Waals surface area contributed by atoms with Gasteiger partial charge in [0.25, 0.3) is 0 Å². The highest BCUT2D eigenvalue weighted by Crippen LogP contribution is 2.31. The molecule has 1 fully saturated rings. The lowest BCUT2D eigenvalue weighted by molar-refractivity contribution is -0.0901. The average Bonchev–Trinajstić information content (AvgIpc) is 2.87.